The van der Waals surface area contributed by atoms with Gasteiger partial charge in [-0.05, 0) is 6.92 Å². The molecule has 0 spiro atoms. The molecule has 0 amide bonds. The highest BCUT2D eigenvalue weighted by atomic mass is 16.3. The maximum absolute atomic E-state index is 4.99. The van der Waals surface area contributed by atoms with E-state index in [1.807, 2.05) is 6.92 Å². The fourth-order valence-corrected chi connectivity index (χ4v) is 0.768. The zero-order chi connectivity index (χ0) is 6.97. The van der Waals surface area contributed by atoms with Gasteiger partial charge in [0.2, 0.25) is 5.65 Å². The second-order valence-corrected chi connectivity index (χ2v) is 2.03. The molecule has 0 aliphatic heterocycles. The summed E-state index contributed by atoms with van der Waals surface area (Å²) in [6.07, 6.45) is 1.36. The van der Waals surface area contributed by atoms with Crippen LogP contribution >= 0.6 is 0 Å². The Labute approximate surface area is 56.9 Å². The van der Waals surface area contributed by atoms with E-state index in [0.29, 0.717) is 11.2 Å². The van der Waals surface area contributed by atoms with Crippen LogP contribution < -0.4 is 0 Å². The van der Waals surface area contributed by atoms with Crippen LogP contribution in [-0.2, 0) is 0 Å². The van der Waals surface area contributed by atoms with Gasteiger partial charge in [-0.25, -0.2) is 0 Å². The largest absolute Gasteiger partial charge is 0.442 e. The average Bonchev–Trinajstić information content (AvgIpc) is 2.33. The summed E-state index contributed by atoms with van der Waals surface area (Å²) in [6, 6.07) is 1.80. The molecule has 0 bridgehead atoms. The Balaban J connectivity index is 2.86. The van der Waals surface area contributed by atoms with Crippen LogP contribution in [0.1, 0.15) is 5.69 Å². The van der Waals surface area contributed by atoms with Gasteiger partial charge in [0.1, 0.15) is 0 Å². The van der Waals surface area contributed by atoms with Crippen LogP contribution in [-0.4, -0.2) is 15.2 Å². The Kier molecular flexibility index (Phi) is 0.943. The predicted octanol–water partition coefficient (Wildman–Crippen LogP) is 0.926. The third-order valence-corrected chi connectivity index (χ3v) is 1.22. The van der Waals surface area contributed by atoms with Crippen molar-refractivity contribution in [3.8, 4) is 0 Å². The monoisotopic (exact) mass is 135 g/mol. The molecule has 2 aromatic heterocycles. The molecule has 0 aliphatic rings. The molecule has 0 saturated carbocycles. The molecule has 0 aliphatic carbocycles. The summed E-state index contributed by atoms with van der Waals surface area (Å²) < 4.78 is 4.99. The van der Waals surface area contributed by atoms with Gasteiger partial charge in [-0.15, -0.1) is 5.10 Å². The van der Waals surface area contributed by atoms with Gasteiger partial charge >= 0.3 is 0 Å². The van der Waals surface area contributed by atoms with E-state index in [1.54, 1.807) is 6.07 Å². The summed E-state index contributed by atoms with van der Waals surface area (Å²) >= 11 is 0. The van der Waals surface area contributed by atoms with Crippen LogP contribution in [0, 0.1) is 6.92 Å². The topological polar surface area (TPSA) is 51.8 Å². The Morgan fingerprint density at radius 1 is 1.40 bits per heavy atom. The van der Waals surface area contributed by atoms with Crippen molar-refractivity contribution in [3.05, 3.63) is 18.2 Å². The molecule has 0 unspecified atom stereocenters. The van der Waals surface area contributed by atoms with E-state index in [0.717, 1.165) is 5.69 Å². The zero-order valence-corrected chi connectivity index (χ0v) is 5.40. The van der Waals surface area contributed by atoms with E-state index in [2.05, 4.69) is 15.2 Å². The number of aromatic nitrogens is 3. The third kappa shape index (κ3) is 0.655. The summed E-state index contributed by atoms with van der Waals surface area (Å²) in [6.45, 7) is 1.86. The highest BCUT2D eigenvalue weighted by Crippen LogP contribution is 2.07. The number of oxazole rings is 1. The maximum atomic E-state index is 4.99. The van der Waals surface area contributed by atoms with Crippen LogP contribution in [0.3, 0.4) is 0 Å². The van der Waals surface area contributed by atoms with E-state index >= 15 is 0 Å². The zero-order valence-electron chi connectivity index (χ0n) is 5.40. The first kappa shape index (κ1) is 5.34. The van der Waals surface area contributed by atoms with Crippen LogP contribution in [0.4, 0.5) is 0 Å². The molecule has 0 saturated heterocycles. The first-order valence-electron chi connectivity index (χ1n) is 2.90. The number of aryl methyl sites for hydroxylation is 1. The number of hydrogen-bond acceptors (Lipinski definition) is 4. The number of rotatable bonds is 0. The van der Waals surface area contributed by atoms with Gasteiger partial charge in [-0.2, -0.15) is 10.1 Å². The molecule has 2 rings (SSSR count). The highest BCUT2D eigenvalue weighted by Gasteiger charge is 1.98. The molecule has 2 aromatic rings. The smallest absolute Gasteiger partial charge is 0.220 e. The minimum atomic E-state index is 0.561. The normalized spacial score (nSPS) is 10.5. The Morgan fingerprint density at radius 3 is 3.20 bits per heavy atom. The fourth-order valence-electron chi connectivity index (χ4n) is 0.768. The van der Waals surface area contributed by atoms with Crippen molar-refractivity contribution in [1.29, 1.82) is 0 Å². The van der Waals surface area contributed by atoms with Gasteiger partial charge < -0.3 is 4.42 Å². The van der Waals surface area contributed by atoms with Crippen molar-refractivity contribution >= 4 is 11.2 Å². The molecule has 4 heteroatoms. The van der Waals surface area contributed by atoms with Crippen LogP contribution in [0.2, 0.25) is 0 Å². The molecule has 0 N–H and O–H groups in total. The van der Waals surface area contributed by atoms with Gasteiger partial charge in [-0.1, -0.05) is 0 Å². The first-order chi connectivity index (χ1) is 4.86. The van der Waals surface area contributed by atoms with Crippen molar-refractivity contribution in [2.24, 2.45) is 0 Å². The summed E-state index contributed by atoms with van der Waals surface area (Å²) in [7, 11) is 0. The van der Waals surface area contributed by atoms with Gasteiger partial charge in [0.15, 0.2) is 12.0 Å². The van der Waals surface area contributed by atoms with Gasteiger partial charge in [-0.3, -0.25) is 0 Å². The minimum Gasteiger partial charge on any atom is -0.442 e. The van der Waals surface area contributed by atoms with E-state index in [9.17, 15) is 0 Å². The van der Waals surface area contributed by atoms with Crippen LogP contribution in [0.5, 0.6) is 0 Å². The quantitative estimate of drug-likeness (QED) is 0.539. The lowest BCUT2D eigenvalue weighted by molar-refractivity contribution is 0.601. The SMILES string of the molecule is Cc1cc2ocnc2nn1. The predicted molar refractivity (Wildman–Crippen MR) is 34.3 cm³/mol. The standard InChI is InChI=1S/C6H5N3O/c1-4-2-5-6(9-8-4)7-3-10-5/h2-3H,1H3. The molecule has 2 heterocycles. The number of nitrogens with zero attached hydrogens (tertiary/aromatic N) is 3. The molecular formula is C6H5N3O. The van der Waals surface area contributed by atoms with Crippen molar-refractivity contribution in [2.45, 2.75) is 6.92 Å². The maximum Gasteiger partial charge on any atom is 0.220 e. The average molecular weight is 135 g/mol. The molecule has 0 fully saturated rings. The second-order valence-electron chi connectivity index (χ2n) is 2.03. The molecular weight excluding hydrogens is 130 g/mol. The van der Waals surface area contributed by atoms with Crippen LogP contribution in [0.15, 0.2) is 16.9 Å². The summed E-state index contributed by atoms with van der Waals surface area (Å²) in [5.41, 5.74) is 2.09. The van der Waals surface area contributed by atoms with Gasteiger partial charge in [0, 0.05) is 6.07 Å². The molecule has 0 aromatic carbocycles. The van der Waals surface area contributed by atoms with Crippen molar-refractivity contribution in [2.75, 3.05) is 0 Å². The molecule has 0 radical (unpaired) electrons. The van der Waals surface area contributed by atoms with Crippen LogP contribution in [0.25, 0.3) is 11.2 Å². The van der Waals surface area contributed by atoms with Crippen molar-refractivity contribution in [3.63, 3.8) is 0 Å². The van der Waals surface area contributed by atoms with Crippen molar-refractivity contribution < 1.29 is 4.42 Å². The van der Waals surface area contributed by atoms with E-state index in [4.69, 9.17) is 4.42 Å². The van der Waals surface area contributed by atoms with E-state index in [1.165, 1.54) is 6.39 Å². The third-order valence-electron chi connectivity index (χ3n) is 1.22. The lowest BCUT2D eigenvalue weighted by atomic mass is 10.4. The molecule has 50 valence electrons. The minimum absolute atomic E-state index is 0.561. The van der Waals surface area contributed by atoms with Crippen molar-refractivity contribution in [1.82, 2.24) is 15.2 Å². The first-order valence-corrected chi connectivity index (χ1v) is 2.90. The lowest BCUT2D eigenvalue weighted by Crippen LogP contribution is -1.84. The number of fused-ring (bicyclic) bond motifs is 1. The van der Waals surface area contributed by atoms with Gasteiger partial charge in [0.05, 0.1) is 5.69 Å². The van der Waals surface area contributed by atoms with E-state index < -0.39 is 0 Å². The molecule has 10 heavy (non-hydrogen) atoms. The highest BCUT2D eigenvalue weighted by molar-refractivity contribution is 5.66. The Morgan fingerprint density at radius 2 is 2.30 bits per heavy atom. The van der Waals surface area contributed by atoms with E-state index in [-0.39, 0.29) is 0 Å². The summed E-state index contributed by atoms with van der Waals surface area (Å²) in [5, 5.41) is 7.59. The Bertz CT molecular complexity index is 355. The summed E-state index contributed by atoms with van der Waals surface area (Å²) in [4.78, 5) is 3.82. The molecule has 4 nitrogen and oxygen atoms in total. The van der Waals surface area contributed by atoms with Gasteiger partial charge in [0.25, 0.3) is 0 Å². The second kappa shape index (κ2) is 1.76. The Hall–Kier alpha value is -1.45. The number of hydrogen-bond donors (Lipinski definition) is 0. The lowest BCUT2D eigenvalue weighted by Gasteiger charge is -1.85. The fraction of sp³-hybridized carbons (Fsp3) is 0.167. The summed E-state index contributed by atoms with van der Waals surface area (Å²) in [5.74, 6) is 0. The molecule has 0 atom stereocenters.